The molecule has 0 aliphatic rings. The molecule has 0 aromatic rings. The van der Waals surface area contributed by atoms with Crippen molar-refractivity contribution in [3.8, 4) is 0 Å². The van der Waals surface area contributed by atoms with Gasteiger partial charge in [-0.2, -0.15) is 0 Å². The molecule has 346 valence electrons. The van der Waals surface area contributed by atoms with Crippen LogP contribution in [-0.4, -0.2) is 24.9 Å². The third-order valence-electron chi connectivity index (χ3n) is 12.8. The van der Waals surface area contributed by atoms with Crippen LogP contribution in [0.2, 0.25) is 0 Å². The number of amides is 2. The molecule has 4 nitrogen and oxygen atoms in total. The van der Waals surface area contributed by atoms with Crippen molar-refractivity contribution in [3.63, 3.8) is 0 Å². The molecule has 58 heavy (non-hydrogen) atoms. The van der Waals surface area contributed by atoms with Gasteiger partial charge in [-0.1, -0.05) is 284 Å². The zero-order chi connectivity index (χ0) is 41.9. The van der Waals surface area contributed by atoms with Gasteiger partial charge in [-0.3, -0.25) is 9.59 Å². The zero-order valence-corrected chi connectivity index (χ0v) is 40.2. The monoisotopic (exact) mass is 817 g/mol. The standard InChI is InChI=1S/C54H108N2O2/c1-3-5-7-9-11-13-15-17-19-23-27-31-35-39-43-47-51-55-53(57)49-45-41-37-33-29-25-21-22-26-30-34-38-42-46-50-54(58)56-52-48-44-40-36-32-28-24-20-18-16-14-12-10-8-6-4-2/h3-52H2,1-2H3,(H,55,57)(H,56,58). The maximum absolute atomic E-state index is 12.2. The lowest BCUT2D eigenvalue weighted by molar-refractivity contribution is -0.122. The van der Waals surface area contributed by atoms with Gasteiger partial charge in [0.25, 0.3) is 0 Å². The van der Waals surface area contributed by atoms with E-state index >= 15 is 0 Å². The Balaban J connectivity index is 3.20. The molecule has 4 heteroatoms. The molecule has 2 N–H and O–H groups in total. The predicted octanol–water partition coefficient (Wildman–Crippen LogP) is 18.0. The first-order chi connectivity index (χ1) is 28.7. The van der Waals surface area contributed by atoms with Gasteiger partial charge in [-0.15, -0.1) is 0 Å². The fraction of sp³-hybridized carbons (Fsp3) is 0.963. The fourth-order valence-electron chi connectivity index (χ4n) is 8.67. The van der Waals surface area contributed by atoms with E-state index in [-0.39, 0.29) is 11.8 Å². The van der Waals surface area contributed by atoms with Crippen LogP contribution in [0.5, 0.6) is 0 Å². The number of rotatable bonds is 51. The fourth-order valence-corrected chi connectivity index (χ4v) is 8.67. The molecule has 0 aliphatic carbocycles. The highest BCUT2D eigenvalue weighted by Crippen LogP contribution is 2.17. The lowest BCUT2D eigenvalue weighted by Gasteiger charge is -2.06. The quantitative estimate of drug-likeness (QED) is 0.0601. The molecule has 0 aliphatic heterocycles. The minimum absolute atomic E-state index is 0.266. The van der Waals surface area contributed by atoms with Crippen LogP contribution >= 0.6 is 0 Å². The second-order valence-electron chi connectivity index (χ2n) is 18.8. The van der Waals surface area contributed by atoms with E-state index in [0.717, 1.165) is 38.8 Å². The summed E-state index contributed by atoms with van der Waals surface area (Å²) in [6.07, 6.45) is 63.8. The van der Waals surface area contributed by atoms with Crippen molar-refractivity contribution in [3.05, 3.63) is 0 Å². The van der Waals surface area contributed by atoms with E-state index in [1.54, 1.807) is 0 Å². The summed E-state index contributed by atoms with van der Waals surface area (Å²) in [6, 6.07) is 0. The van der Waals surface area contributed by atoms with Gasteiger partial charge >= 0.3 is 0 Å². The summed E-state index contributed by atoms with van der Waals surface area (Å²) in [5, 5.41) is 6.31. The van der Waals surface area contributed by atoms with Gasteiger partial charge in [0.15, 0.2) is 0 Å². The lowest BCUT2D eigenvalue weighted by atomic mass is 10.0. The zero-order valence-electron chi connectivity index (χ0n) is 40.2. The van der Waals surface area contributed by atoms with E-state index in [4.69, 9.17) is 0 Å². The summed E-state index contributed by atoms with van der Waals surface area (Å²) < 4.78 is 0. The number of carbonyl (C=O) groups excluding carboxylic acids is 2. The maximum Gasteiger partial charge on any atom is 0.219 e. The molecule has 0 spiro atoms. The van der Waals surface area contributed by atoms with E-state index in [9.17, 15) is 9.59 Å². The highest BCUT2D eigenvalue weighted by Gasteiger charge is 2.03. The van der Waals surface area contributed by atoms with Crippen molar-refractivity contribution in [2.45, 2.75) is 322 Å². The van der Waals surface area contributed by atoms with Crippen LogP contribution in [0.4, 0.5) is 0 Å². The van der Waals surface area contributed by atoms with Crippen molar-refractivity contribution in [1.29, 1.82) is 0 Å². The van der Waals surface area contributed by atoms with Crippen LogP contribution in [0.15, 0.2) is 0 Å². The Kier molecular flexibility index (Phi) is 51.1. The van der Waals surface area contributed by atoms with E-state index in [0.29, 0.717) is 12.8 Å². The summed E-state index contributed by atoms with van der Waals surface area (Å²) >= 11 is 0. The molecule has 2 amide bonds. The first kappa shape index (κ1) is 56.9. The van der Waals surface area contributed by atoms with E-state index in [1.807, 2.05) is 0 Å². The van der Waals surface area contributed by atoms with Crippen LogP contribution in [0, 0.1) is 0 Å². The normalized spacial score (nSPS) is 11.4. The van der Waals surface area contributed by atoms with Crippen molar-refractivity contribution >= 4 is 11.8 Å². The molecule has 0 radical (unpaired) electrons. The van der Waals surface area contributed by atoms with Gasteiger partial charge < -0.3 is 10.6 Å². The molecule has 0 aromatic heterocycles. The minimum atomic E-state index is 0.266. The minimum Gasteiger partial charge on any atom is -0.356 e. The molecule has 0 saturated carbocycles. The van der Waals surface area contributed by atoms with E-state index < -0.39 is 0 Å². The Labute approximate surface area is 366 Å². The Morgan fingerprint density at radius 2 is 0.379 bits per heavy atom. The summed E-state index contributed by atoms with van der Waals surface area (Å²) in [5.41, 5.74) is 0. The Morgan fingerprint density at radius 3 is 0.569 bits per heavy atom. The number of hydrogen-bond acceptors (Lipinski definition) is 2. The highest BCUT2D eigenvalue weighted by molar-refractivity contribution is 5.76. The third-order valence-corrected chi connectivity index (χ3v) is 12.8. The predicted molar refractivity (Wildman–Crippen MR) is 259 cm³/mol. The van der Waals surface area contributed by atoms with Gasteiger partial charge in [0, 0.05) is 25.9 Å². The maximum atomic E-state index is 12.2. The molecular weight excluding hydrogens is 709 g/mol. The van der Waals surface area contributed by atoms with Crippen molar-refractivity contribution in [2.24, 2.45) is 0 Å². The Hall–Kier alpha value is -1.06. The van der Waals surface area contributed by atoms with E-state index in [1.165, 1.54) is 270 Å². The van der Waals surface area contributed by atoms with Crippen LogP contribution in [0.3, 0.4) is 0 Å². The number of carbonyl (C=O) groups is 2. The van der Waals surface area contributed by atoms with Crippen LogP contribution in [0.1, 0.15) is 322 Å². The largest absolute Gasteiger partial charge is 0.356 e. The van der Waals surface area contributed by atoms with Gasteiger partial charge in [0.05, 0.1) is 0 Å². The first-order valence-electron chi connectivity index (χ1n) is 27.2. The smallest absolute Gasteiger partial charge is 0.219 e. The van der Waals surface area contributed by atoms with Gasteiger partial charge in [0.2, 0.25) is 11.8 Å². The molecule has 0 bridgehead atoms. The molecule has 0 rings (SSSR count). The van der Waals surface area contributed by atoms with Crippen molar-refractivity contribution in [2.75, 3.05) is 13.1 Å². The first-order valence-corrected chi connectivity index (χ1v) is 27.2. The average molecular weight is 817 g/mol. The van der Waals surface area contributed by atoms with Crippen LogP contribution < -0.4 is 10.6 Å². The molecule has 0 aromatic carbocycles. The Morgan fingerprint density at radius 1 is 0.224 bits per heavy atom. The summed E-state index contributed by atoms with van der Waals surface area (Å²) in [7, 11) is 0. The SMILES string of the molecule is CCCCCCCCCCCCCCCCCCNC(=O)CCCCCCCCCCCCCCCCC(=O)NCCCCCCCCCCCCCCCCCC. The third kappa shape index (κ3) is 51.1. The second-order valence-corrected chi connectivity index (χ2v) is 18.8. The summed E-state index contributed by atoms with van der Waals surface area (Å²) in [4.78, 5) is 24.3. The molecule has 0 heterocycles. The van der Waals surface area contributed by atoms with Crippen LogP contribution in [-0.2, 0) is 9.59 Å². The lowest BCUT2D eigenvalue weighted by Crippen LogP contribution is -2.23. The topological polar surface area (TPSA) is 58.2 Å². The molecule has 0 atom stereocenters. The molecule has 0 unspecified atom stereocenters. The summed E-state index contributed by atoms with van der Waals surface area (Å²) in [5.74, 6) is 0.532. The second kappa shape index (κ2) is 52.1. The highest BCUT2D eigenvalue weighted by atomic mass is 16.2. The van der Waals surface area contributed by atoms with Crippen molar-refractivity contribution < 1.29 is 9.59 Å². The summed E-state index contributed by atoms with van der Waals surface area (Å²) in [6.45, 7) is 6.33. The van der Waals surface area contributed by atoms with Crippen molar-refractivity contribution in [1.82, 2.24) is 10.6 Å². The number of nitrogens with one attached hydrogen (secondary N) is 2. The van der Waals surface area contributed by atoms with Gasteiger partial charge in [-0.25, -0.2) is 0 Å². The number of unbranched alkanes of at least 4 members (excludes halogenated alkanes) is 43. The Bertz CT molecular complexity index is 721. The van der Waals surface area contributed by atoms with Crippen LogP contribution in [0.25, 0.3) is 0 Å². The van der Waals surface area contributed by atoms with Gasteiger partial charge in [0.1, 0.15) is 0 Å². The van der Waals surface area contributed by atoms with E-state index in [2.05, 4.69) is 24.5 Å². The molecular formula is C54H108N2O2. The molecule has 0 fully saturated rings. The number of hydrogen-bond donors (Lipinski definition) is 2. The van der Waals surface area contributed by atoms with Gasteiger partial charge in [-0.05, 0) is 25.7 Å². The average Bonchev–Trinajstić information content (AvgIpc) is 3.22. The molecule has 0 saturated heterocycles.